The Kier molecular flexibility index (Phi) is 3.15. The van der Waals surface area contributed by atoms with Gasteiger partial charge in [-0.2, -0.15) is 0 Å². The Morgan fingerprint density at radius 2 is 2.08 bits per heavy atom. The van der Waals surface area contributed by atoms with Gasteiger partial charge in [0.1, 0.15) is 0 Å². The van der Waals surface area contributed by atoms with Gasteiger partial charge in [0.2, 0.25) is 0 Å². The molecule has 2 heteroatoms. The Labute approximate surface area is 80.7 Å². The van der Waals surface area contributed by atoms with Crippen LogP contribution in [0.1, 0.15) is 33.1 Å². The largest absolute Gasteiger partial charge is 0.402 e. The van der Waals surface area contributed by atoms with Crippen molar-refractivity contribution in [3.63, 3.8) is 0 Å². The van der Waals surface area contributed by atoms with E-state index in [2.05, 4.69) is 19.9 Å². The van der Waals surface area contributed by atoms with Crippen molar-refractivity contribution in [2.45, 2.75) is 38.6 Å². The smallest absolute Gasteiger partial charge is 0.0425 e. The first kappa shape index (κ1) is 10.3. The third-order valence-corrected chi connectivity index (χ3v) is 2.97. The van der Waals surface area contributed by atoms with Crippen molar-refractivity contribution in [1.29, 1.82) is 0 Å². The van der Waals surface area contributed by atoms with Crippen LogP contribution in [-0.4, -0.2) is 5.54 Å². The summed E-state index contributed by atoms with van der Waals surface area (Å²) < 4.78 is 0. The summed E-state index contributed by atoms with van der Waals surface area (Å²) in [6.07, 6.45) is 9.05. The minimum atomic E-state index is -0.206. The second kappa shape index (κ2) is 3.97. The van der Waals surface area contributed by atoms with E-state index in [1.807, 2.05) is 12.2 Å². The fourth-order valence-corrected chi connectivity index (χ4v) is 2.15. The van der Waals surface area contributed by atoms with E-state index in [1.165, 1.54) is 0 Å². The van der Waals surface area contributed by atoms with Crippen LogP contribution in [0.15, 0.2) is 23.9 Å². The zero-order valence-electron chi connectivity index (χ0n) is 8.59. The molecule has 0 fully saturated rings. The molecule has 0 saturated heterocycles. The van der Waals surface area contributed by atoms with E-state index < -0.39 is 0 Å². The lowest BCUT2D eigenvalue weighted by atomic mass is 9.76. The highest BCUT2D eigenvalue weighted by Gasteiger charge is 2.31. The summed E-state index contributed by atoms with van der Waals surface area (Å²) in [4.78, 5) is 0. The van der Waals surface area contributed by atoms with Crippen molar-refractivity contribution in [1.82, 2.24) is 0 Å². The number of hydrogen-bond acceptors (Lipinski definition) is 2. The monoisotopic (exact) mass is 180 g/mol. The van der Waals surface area contributed by atoms with Gasteiger partial charge in [0, 0.05) is 17.7 Å². The van der Waals surface area contributed by atoms with Crippen molar-refractivity contribution in [2.24, 2.45) is 17.4 Å². The topological polar surface area (TPSA) is 52.0 Å². The Balaban J connectivity index is 2.77. The summed E-state index contributed by atoms with van der Waals surface area (Å²) in [6, 6.07) is 0. The molecule has 1 unspecified atom stereocenters. The lowest BCUT2D eigenvalue weighted by Gasteiger charge is -2.35. The normalized spacial score (nSPS) is 27.8. The molecule has 0 aliphatic heterocycles. The molecule has 2 nitrogen and oxygen atoms in total. The maximum absolute atomic E-state index is 6.31. The molecule has 1 rings (SSSR count). The van der Waals surface area contributed by atoms with Gasteiger partial charge in [-0.3, -0.25) is 0 Å². The average Bonchev–Trinajstić information content (AvgIpc) is 2.05. The fraction of sp³-hybridized carbons (Fsp3) is 0.636. The first-order chi connectivity index (χ1) is 6.12. The van der Waals surface area contributed by atoms with Crippen LogP contribution in [-0.2, 0) is 0 Å². The molecule has 0 radical (unpaired) electrons. The summed E-state index contributed by atoms with van der Waals surface area (Å²) in [5.74, 6) is 0.538. The summed E-state index contributed by atoms with van der Waals surface area (Å²) in [7, 11) is 0. The van der Waals surface area contributed by atoms with Gasteiger partial charge in [0.15, 0.2) is 0 Å². The van der Waals surface area contributed by atoms with Gasteiger partial charge in [-0.25, -0.2) is 0 Å². The molecule has 1 aliphatic carbocycles. The fourth-order valence-electron chi connectivity index (χ4n) is 2.15. The molecule has 1 aliphatic rings. The number of hydrogen-bond donors (Lipinski definition) is 2. The van der Waals surface area contributed by atoms with Crippen LogP contribution in [0.4, 0.5) is 0 Å². The van der Waals surface area contributed by atoms with Crippen LogP contribution >= 0.6 is 0 Å². The molecule has 0 heterocycles. The Morgan fingerprint density at radius 3 is 2.54 bits per heavy atom. The lowest BCUT2D eigenvalue weighted by molar-refractivity contribution is 0.307. The summed E-state index contributed by atoms with van der Waals surface area (Å²) in [5, 5.41) is 0. The number of nitrogens with two attached hydrogens (primary N) is 2. The molecular weight excluding hydrogens is 160 g/mol. The summed E-state index contributed by atoms with van der Waals surface area (Å²) >= 11 is 0. The van der Waals surface area contributed by atoms with Gasteiger partial charge in [0.05, 0.1) is 0 Å². The van der Waals surface area contributed by atoms with E-state index in [9.17, 15) is 0 Å². The predicted molar refractivity (Wildman–Crippen MR) is 57.0 cm³/mol. The Hall–Kier alpha value is -0.760. The molecule has 0 spiro atoms. The van der Waals surface area contributed by atoms with Crippen LogP contribution in [0.25, 0.3) is 0 Å². The van der Waals surface area contributed by atoms with E-state index in [1.54, 1.807) is 0 Å². The van der Waals surface area contributed by atoms with Crippen LogP contribution in [0, 0.1) is 5.92 Å². The zero-order chi connectivity index (χ0) is 9.90. The van der Waals surface area contributed by atoms with Crippen molar-refractivity contribution in [3.8, 4) is 0 Å². The second-order valence-corrected chi connectivity index (χ2v) is 3.90. The highest BCUT2D eigenvalue weighted by atomic mass is 14.8. The maximum atomic E-state index is 6.31. The van der Waals surface area contributed by atoms with Crippen LogP contribution in [0.5, 0.6) is 0 Å². The summed E-state index contributed by atoms with van der Waals surface area (Å²) in [5.41, 5.74) is 12.8. The molecule has 0 aromatic rings. The first-order valence-electron chi connectivity index (χ1n) is 5.05. The molecule has 1 atom stereocenters. The van der Waals surface area contributed by atoms with Gasteiger partial charge >= 0.3 is 0 Å². The minimum absolute atomic E-state index is 0.206. The van der Waals surface area contributed by atoms with E-state index >= 15 is 0 Å². The quantitative estimate of drug-likeness (QED) is 0.697. The second-order valence-electron chi connectivity index (χ2n) is 3.90. The van der Waals surface area contributed by atoms with Crippen molar-refractivity contribution in [2.75, 3.05) is 0 Å². The molecule has 4 N–H and O–H groups in total. The SMILES string of the molecule is CCC(CC)C1(N)C=CC=C(N)C1. The Bertz CT molecular complexity index is 226. The highest BCUT2D eigenvalue weighted by molar-refractivity contribution is 5.26. The molecule has 0 saturated carbocycles. The number of rotatable bonds is 3. The molecule has 74 valence electrons. The van der Waals surface area contributed by atoms with Crippen LogP contribution < -0.4 is 11.5 Å². The van der Waals surface area contributed by atoms with E-state index in [0.717, 1.165) is 25.0 Å². The van der Waals surface area contributed by atoms with Crippen LogP contribution in [0.2, 0.25) is 0 Å². The van der Waals surface area contributed by atoms with Crippen molar-refractivity contribution in [3.05, 3.63) is 23.9 Å². The predicted octanol–water partition coefficient (Wildman–Crippen LogP) is 1.92. The molecule has 0 aromatic heterocycles. The third-order valence-electron chi connectivity index (χ3n) is 2.97. The maximum Gasteiger partial charge on any atom is 0.0425 e. The highest BCUT2D eigenvalue weighted by Crippen LogP contribution is 2.30. The minimum Gasteiger partial charge on any atom is -0.402 e. The Morgan fingerprint density at radius 1 is 1.46 bits per heavy atom. The van der Waals surface area contributed by atoms with Gasteiger partial charge < -0.3 is 11.5 Å². The molecule has 0 amide bonds. The van der Waals surface area contributed by atoms with Crippen LogP contribution in [0.3, 0.4) is 0 Å². The molecule has 13 heavy (non-hydrogen) atoms. The van der Waals surface area contributed by atoms with E-state index in [4.69, 9.17) is 11.5 Å². The lowest BCUT2D eigenvalue weighted by Crippen LogP contribution is -2.46. The van der Waals surface area contributed by atoms with Crippen molar-refractivity contribution >= 4 is 0 Å². The van der Waals surface area contributed by atoms with Crippen molar-refractivity contribution < 1.29 is 0 Å². The summed E-state index contributed by atoms with van der Waals surface area (Å²) in [6.45, 7) is 4.37. The van der Waals surface area contributed by atoms with Gasteiger partial charge in [-0.1, -0.05) is 38.8 Å². The number of allylic oxidation sites excluding steroid dienone is 2. The molecule has 0 bridgehead atoms. The third kappa shape index (κ3) is 2.13. The molecule has 0 aromatic carbocycles. The zero-order valence-corrected chi connectivity index (χ0v) is 8.59. The first-order valence-corrected chi connectivity index (χ1v) is 5.05. The van der Waals surface area contributed by atoms with Gasteiger partial charge in [-0.05, 0) is 12.0 Å². The standard InChI is InChI=1S/C11H20N2/c1-3-9(4-2)11(13)7-5-6-10(12)8-11/h5-7,9H,3-4,8,12-13H2,1-2H3. The van der Waals surface area contributed by atoms with E-state index in [-0.39, 0.29) is 5.54 Å². The van der Waals surface area contributed by atoms with E-state index in [0.29, 0.717) is 5.92 Å². The average molecular weight is 180 g/mol. The molecular formula is C11H20N2. The van der Waals surface area contributed by atoms with Gasteiger partial charge in [-0.15, -0.1) is 0 Å². The van der Waals surface area contributed by atoms with Gasteiger partial charge in [0.25, 0.3) is 0 Å².